The predicted molar refractivity (Wildman–Crippen MR) is 66.6 cm³/mol. The number of fused-ring (bicyclic) bond motifs is 1. The van der Waals surface area contributed by atoms with Gasteiger partial charge in [-0.15, -0.1) is 6.07 Å². The second kappa shape index (κ2) is 10.3. The van der Waals surface area contributed by atoms with Crippen LogP contribution in [0.2, 0.25) is 0 Å². The van der Waals surface area contributed by atoms with E-state index >= 15 is 0 Å². The van der Waals surface area contributed by atoms with Gasteiger partial charge in [-0.1, -0.05) is 19.5 Å². The molecule has 17 heavy (non-hydrogen) atoms. The Morgan fingerprint density at radius 3 is 2.53 bits per heavy atom. The number of nitrogens with zero attached hydrogens (tertiary/aromatic N) is 2. The van der Waals surface area contributed by atoms with Gasteiger partial charge in [0.05, 0.1) is 11.9 Å². The summed E-state index contributed by atoms with van der Waals surface area (Å²) >= 11 is 0. The van der Waals surface area contributed by atoms with Crippen molar-refractivity contribution in [3.8, 4) is 0 Å². The van der Waals surface area contributed by atoms with Gasteiger partial charge in [0.15, 0.2) is 0 Å². The van der Waals surface area contributed by atoms with Crippen molar-refractivity contribution in [2.24, 2.45) is 0 Å². The van der Waals surface area contributed by atoms with Crippen molar-refractivity contribution in [3.63, 3.8) is 0 Å². The summed E-state index contributed by atoms with van der Waals surface area (Å²) < 4.78 is 0. The fourth-order valence-corrected chi connectivity index (χ4v) is 1.14. The molecule has 2 rings (SSSR count). The smallest absolute Gasteiger partial charge is 0.0723 e. The van der Waals surface area contributed by atoms with E-state index in [9.17, 15) is 4.79 Å². The molecule has 0 aromatic carbocycles. The monoisotopic (exact) mass is 306 g/mol. The number of nitrogens with one attached hydrogen (secondary N) is 1. The number of carbonyl (C=O) groups excluding carboxylic acids is 1. The van der Waals surface area contributed by atoms with Crippen LogP contribution in [0, 0.1) is 7.43 Å². The van der Waals surface area contributed by atoms with E-state index in [0.29, 0.717) is 11.2 Å². The molecule has 0 aliphatic rings. The van der Waals surface area contributed by atoms with Crippen molar-refractivity contribution in [3.05, 3.63) is 38.0 Å². The van der Waals surface area contributed by atoms with E-state index in [4.69, 9.17) is 0 Å². The maximum absolute atomic E-state index is 10.1. The van der Waals surface area contributed by atoms with Gasteiger partial charge < -0.3 is 17.5 Å². The second-order valence-corrected chi connectivity index (χ2v) is 2.46. The quantitative estimate of drug-likeness (QED) is 0.685. The van der Waals surface area contributed by atoms with Crippen molar-refractivity contribution < 1.29 is 37.5 Å². The van der Waals surface area contributed by atoms with Gasteiger partial charge in [0.2, 0.25) is 0 Å². The van der Waals surface area contributed by atoms with Crippen LogP contribution in [0.4, 0.5) is 5.69 Å². The fraction of sp³-hybridized carbons (Fsp3) is 0.167. The summed E-state index contributed by atoms with van der Waals surface area (Å²) in [6, 6.07) is 5.31. The van der Waals surface area contributed by atoms with Crippen molar-refractivity contribution in [1.82, 2.24) is 9.97 Å². The van der Waals surface area contributed by atoms with Crippen LogP contribution in [-0.2, 0) is 37.5 Å². The van der Waals surface area contributed by atoms with Crippen LogP contribution < -0.4 is 5.32 Å². The van der Waals surface area contributed by atoms with E-state index < -0.39 is 0 Å². The summed E-state index contributed by atoms with van der Waals surface area (Å²) in [5.74, 6) is 0. The molecule has 2 heterocycles. The number of anilines is 1. The molecule has 0 saturated carbocycles. The summed E-state index contributed by atoms with van der Waals surface area (Å²) in [5.41, 5.74) is 2.05. The SMILES string of the molecule is CC.O=[C-]Nc1ccnc2cccnc12.[CH3-].[Y]. The minimum absolute atomic E-state index is 0. The zero-order chi connectivity index (χ0) is 11.1. The molecule has 0 unspecified atom stereocenters. The number of amides is 1. The van der Waals surface area contributed by atoms with Gasteiger partial charge in [-0.05, 0) is 12.1 Å². The maximum Gasteiger partial charge on any atom is 0.0723 e. The summed E-state index contributed by atoms with van der Waals surface area (Å²) in [6.45, 7) is 4.00. The van der Waals surface area contributed by atoms with E-state index in [1.807, 2.05) is 19.9 Å². The minimum atomic E-state index is 0. The Balaban J connectivity index is 0. The average Bonchev–Trinajstić information content (AvgIpc) is 2.33. The van der Waals surface area contributed by atoms with Crippen LogP contribution in [0.25, 0.3) is 11.0 Å². The first kappa shape index (κ1) is 18.5. The van der Waals surface area contributed by atoms with Gasteiger partial charge in [0.25, 0.3) is 0 Å². The minimum Gasteiger partial charge on any atom is -0.488 e. The third-order valence-electron chi connectivity index (χ3n) is 1.68. The number of aromatic nitrogens is 2. The Morgan fingerprint density at radius 2 is 1.88 bits per heavy atom. The van der Waals surface area contributed by atoms with E-state index in [2.05, 4.69) is 15.3 Å². The van der Waals surface area contributed by atoms with Crippen molar-refractivity contribution in [1.29, 1.82) is 0 Å². The molecule has 0 atom stereocenters. The molecule has 1 amide bonds. The van der Waals surface area contributed by atoms with Gasteiger partial charge in [-0.2, -0.15) is 0 Å². The predicted octanol–water partition coefficient (Wildman–Crippen LogP) is 2.58. The number of pyridine rings is 2. The van der Waals surface area contributed by atoms with Crippen LogP contribution in [-0.4, -0.2) is 16.4 Å². The second-order valence-electron chi connectivity index (χ2n) is 2.46. The third-order valence-corrected chi connectivity index (χ3v) is 1.68. The molecule has 2 aromatic rings. The van der Waals surface area contributed by atoms with Crippen LogP contribution in [0.1, 0.15) is 13.8 Å². The zero-order valence-corrected chi connectivity index (χ0v) is 13.1. The van der Waals surface area contributed by atoms with Crippen LogP contribution >= 0.6 is 0 Å². The first-order valence-corrected chi connectivity index (χ1v) is 4.75. The summed E-state index contributed by atoms with van der Waals surface area (Å²) in [7, 11) is 0. The molecule has 1 radical (unpaired) electrons. The Hall–Kier alpha value is -0.866. The van der Waals surface area contributed by atoms with Crippen LogP contribution in [0.15, 0.2) is 30.6 Å². The molecule has 0 bridgehead atoms. The molecule has 1 N–H and O–H groups in total. The first-order chi connectivity index (χ1) is 7.42. The third kappa shape index (κ3) is 4.88. The Bertz CT molecular complexity index is 443. The maximum atomic E-state index is 10.1. The standard InChI is InChI=1S/C9H6N3O.C2H6.CH3.Y/c13-6-12-8-3-5-10-7-2-1-4-11-9(7)8;1-2;;/h1-5H,(H,10,12,13);1-2H3;1H3;/q-1;;-1;. The summed E-state index contributed by atoms with van der Waals surface area (Å²) in [4.78, 5) is 18.3. The Labute approximate surface area is 127 Å². The molecule has 0 saturated heterocycles. The molecule has 2 aromatic heterocycles. The van der Waals surface area contributed by atoms with E-state index in [1.54, 1.807) is 30.9 Å². The van der Waals surface area contributed by atoms with Crippen LogP contribution in [0.3, 0.4) is 0 Å². The van der Waals surface area contributed by atoms with Crippen molar-refractivity contribution >= 4 is 23.1 Å². The van der Waals surface area contributed by atoms with Crippen molar-refractivity contribution in [2.45, 2.75) is 13.8 Å². The molecular weight excluding hydrogens is 291 g/mol. The van der Waals surface area contributed by atoms with Crippen LogP contribution in [0.5, 0.6) is 0 Å². The molecule has 4 nitrogen and oxygen atoms in total. The molecule has 0 spiro atoms. The molecule has 89 valence electrons. The normalized spacial score (nSPS) is 7.88. The van der Waals surface area contributed by atoms with Gasteiger partial charge in [0, 0.05) is 50.6 Å². The fourth-order valence-electron chi connectivity index (χ4n) is 1.14. The summed E-state index contributed by atoms with van der Waals surface area (Å²) in [6.07, 6.45) is 4.88. The Kier molecular flexibility index (Phi) is 11.2. The zero-order valence-electron chi connectivity index (χ0n) is 10.3. The van der Waals surface area contributed by atoms with Gasteiger partial charge in [-0.3, -0.25) is 9.97 Å². The van der Waals surface area contributed by atoms with E-state index in [1.165, 1.54) is 0 Å². The molecular formula is C12H15N3OY-2. The number of hydrogen-bond acceptors (Lipinski definition) is 3. The van der Waals surface area contributed by atoms with E-state index in [0.717, 1.165) is 5.52 Å². The Morgan fingerprint density at radius 1 is 1.18 bits per heavy atom. The van der Waals surface area contributed by atoms with Gasteiger partial charge in [-0.25, -0.2) is 0 Å². The molecule has 0 fully saturated rings. The van der Waals surface area contributed by atoms with Gasteiger partial charge in [0.1, 0.15) is 0 Å². The number of rotatable bonds is 2. The largest absolute Gasteiger partial charge is 0.488 e. The molecule has 0 aliphatic heterocycles. The van der Waals surface area contributed by atoms with Gasteiger partial charge >= 0.3 is 0 Å². The average molecular weight is 306 g/mol. The van der Waals surface area contributed by atoms with Crippen molar-refractivity contribution in [2.75, 3.05) is 5.32 Å². The number of hydrogen-bond donors (Lipinski definition) is 1. The van der Waals surface area contributed by atoms with E-state index in [-0.39, 0.29) is 40.1 Å². The first-order valence-electron chi connectivity index (χ1n) is 4.75. The molecule has 5 heteroatoms. The topological polar surface area (TPSA) is 54.9 Å². The molecule has 0 aliphatic carbocycles. The summed E-state index contributed by atoms with van der Waals surface area (Å²) in [5, 5.41) is 2.44.